The smallest absolute Gasteiger partial charge is 0.0721 e. The summed E-state index contributed by atoms with van der Waals surface area (Å²) >= 11 is 0. The van der Waals surface area contributed by atoms with Gasteiger partial charge < -0.3 is 10.5 Å². The van der Waals surface area contributed by atoms with Crippen molar-refractivity contribution in [2.75, 3.05) is 6.61 Å². The Bertz CT molecular complexity index is 365. The number of ether oxygens (including phenoxy) is 1. The Labute approximate surface area is 91.4 Å². The average Bonchev–Trinajstić information content (AvgIpc) is 2.16. The predicted molar refractivity (Wildman–Crippen MR) is 61.7 cm³/mol. The molecule has 0 aromatic heterocycles. The van der Waals surface area contributed by atoms with Crippen molar-refractivity contribution in [3.05, 3.63) is 34.9 Å². The lowest BCUT2D eigenvalue weighted by Gasteiger charge is -2.26. The molecule has 1 aromatic carbocycles. The summed E-state index contributed by atoms with van der Waals surface area (Å²) in [4.78, 5) is 0. The van der Waals surface area contributed by atoms with Gasteiger partial charge in [-0.2, -0.15) is 0 Å². The molecule has 1 aliphatic rings. The number of fused-ring (bicyclic) bond motifs is 1. The van der Waals surface area contributed by atoms with Gasteiger partial charge in [0.2, 0.25) is 0 Å². The van der Waals surface area contributed by atoms with E-state index in [1.165, 1.54) is 16.7 Å². The van der Waals surface area contributed by atoms with Crippen LogP contribution >= 0.6 is 0 Å². The van der Waals surface area contributed by atoms with Crippen LogP contribution in [-0.4, -0.2) is 6.61 Å². The molecule has 0 radical (unpaired) electrons. The van der Waals surface area contributed by atoms with E-state index in [-0.39, 0.29) is 11.5 Å². The molecule has 2 N–H and O–H groups in total. The molecule has 2 heteroatoms. The third kappa shape index (κ3) is 2.06. The summed E-state index contributed by atoms with van der Waals surface area (Å²) in [6.07, 6.45) is 0. The van der Waals surface area contributed by atoms with Crippen LogP contribution < -0.4 is 5.73 Å². The highest BCUT2D eigenvalue weighted by Gasteiger charge is 2.20. The summed E-state index contributed by atoms with van der Waals surface area (Å²) in [5.41, 5.74) is 10.1. The highest BCUT2D eigenvalue weighted by Crippen LogP contribution is 2.29. The lowest BCUT2D eigenvalue weighted by Crippen LogP contribution is -2.24. The Morgan fingerprint density at radius 3 is 2.73 bits per heavy atom. The summed E-state index contributed by atoms with van der Waals surface area (Å²) in [6, 6.07) is 6.61. The summed E-state index contributed by atoms with van der Waals surface area (Å²) < 4.78 is 5.41. The monoisotopic (exact) mass is 205 g/mol. The molecule has 1 heterocycles. The van der Waals surface area contributed by atoms with E-state index in [9.17, 15) is 0 Å². The van der Waals surface area contributed by atoms with E-state index in [2.05, 4.69) is 39.0 Å². The highest BCUT2D eigenvalue weighted by molar-refractivity contribution is 5.37. The van der Waals surface area contributed by atoms with Gasteiger partial charge in [0.15, 0.2) is 0 Å². The van der Waals surface area contributed by atoms with E-state index in [1.807, 2.05) is 0 Å². The van der Waals surface area contributed by atoms with Crippen LogP contribution in [0.25, 0.3) is 0 Å². The van der Waals surface area contributed by atoms with Gasteiger partial charge in [0, 0.05) is 0 Å². The quantitative estimate of drug-likeness (QED) is 0.706. The maximum Gasteiger partial charge on any atom is 0.0721 e. The Morgan fingerprint density at radius 2 is 2.07 bits per heavy atom. The van der Waals surface area contributed by atoms with Crippen LogP contribution in [0.1, 0.15) is 43.5 Å². The van der Waals surface area contributed by atoms with Gasteiger partial charge in [0.25, 0.3) is 0 Å². The average molecular weight is 205 g/mol. The van der Waals surface area contributed by atoms with Gasteiger partial charge in [-0.1, -0.05) is 39.0 Å². The van der Waals surface area contributed by atoms with Crippen LogP contribution in [0.15, 0.2) is 18.2 Å². The zero-order valence-corrected chi connectivity index (χ0v) is 9.71. The standard InChI is InChI=1S/C13H19NO/c1-13(2,3)10-5-4-9-7-15-8-12(14)11(9)6-10/h4-6,12H,7-8,14H2,1-3H3. The summed E-state index contributed by atoms with van der Waals surface area (Å²) in [6.45, 7) is 8.01. The van der Waals surface area contributed by atoms with Gasteiger partial charge in [-0.3, -0.25) is 0 Å². The number of nitrogens with two attached hydrogens (primary N) is 1. The second-order valence-electron chi connectivity index (χ2n) is 5.29. The van der Waals surface area contributed by atoms with Crippen LogP contribution in [0, 0.1) is 0 Å². The molecular formula is C13H19NO. The van der Waals surface area contributed by atoms with Crippen molar-refractivity contribution in [2.24, 2.45) is 5.73 Å². The molecular weight excluding hydrogens is 186 g/mol. The number of hydrogen-bond acceptors (Lipinski definition) is 2. The van der Waals surface area contributed by atoms with Gasteiger partial charge in [0.1, 0.15) is 0 Å². The lowest BCUT2D eigenvalue weighted by molar-refractivity contribution is 0.0923. The maximum atomic E-state index is 6.03. The molecule has 2 nitrogen and oxygen atoms in total. The Morgan fingerprint density at radius 1 is 1.33 bits per heavy atom. The van der Waals surface area contributed by atoms with E-state index >= 15 is 0 Å². The van der Waals surface area contributed by atoms with Crippen LogP contribution in [0.4, 0.5) is 0 Å². The van der Waals surface area contributed by atoms with Gasteiger partial charge >= 0.3 is 0 Å². The molecule has 15 heavy (non-hydrogen) atoms. The third-order valence-corrected chi connectivity index (χ3v) is 2.97. The van der Waals surface area contributed by atoms with Crippen molar-refractivity contribution < 1.29 is 4.74 Å². The summed E-state index contributed by atoms with van der Waals surface area (Å²) in [5, 5.41) is 0. The molecule has 82 valence electrons. The zero-order chi connectivity index (χ0) is 11.1. The van der Waals surface area contributed by atoms with Crippen molar-refractivity contribution in [2.45, 2.75) is 38.8 Å². The summed E-state index contributed by atoms with van der Waals surface area (Å²) in [7, 11) is 0. The molecule has 0 saturated heterocycles. The highest BCUT2D eigenvalue weighted by atomic mass is 16.5. The fourth-order valence-electron chi connectivity index (χ4n) is 1.92. The van der Waals surface area contributed by atoms with Crippen LogP contribution in [-0.2, 0) is 16.8 Å². The van der Waals surface area contributed by atoms with Crippen LogP contribution in [0.3, 0.4) is 0 Å². The fraction of sp³-hybridized carbons (Fsp3) is 0.538. The molecule has 0 saturated carbocycles. The number of benzene rings is 1. The van der Waals surface area contributed by atoms with E-state index < -0.39 is 0 Å². The zero-order valence-electron chi connectivity index (χ0n) is 9.71. The molecule has 1 aliphatic heterocycles. The molecule has 0 fully saturated rings. The van der Waals surface area contributed by atoms with Crippen molar-refractivity contribution in [1.29, 1.82) is 0 Å². The van der Waals surface area contributed by atoms with Gasteiger partial charge in [-0.25, -0.2) is 0 Å². The SMILES string of the molecule is CC(C)(C)c1ccc2c(c1)C(N)COC2. The van der Waals surface area contributed by atoms with E-state index in [0.29, 0.717) is 13.2 Å². The third-order valence-electron chi connectivity index (χ3n) is 2.97. The van der Waals surface area contributed by atoms with Crippen molar-refractivity contribution >= 4 is 0 Å². The van der Waals surface area contributed by atoms with Crippen LogP contribution in [0.2, 0.25) is 0 Å². The minimum atomic E-state index is 0.0380. The van der Waals surface area contributed by atoms with Gasteiger partial charge in [-0.15, -0.1) is 0 Å². The second-order valence-corrected chi connectivity index (χ2v) is 5.29. The topological polar surface area (TPSA) is 35.2 Å². The first-order valence-corrected chi connectivity index (χ1v) is 5.45. The minimum Gasteiger partial charge on any atom is -0.375 e. The fourth-order valence-corrected chi connectivity index (χ4v) is 1.92. The normalized spacial score (nSPS) is 21.2. The predicted octanol–water partition coefficient (Wildman–Crippen LogP) is 2.51. The molecule has 1 unspecified atom stereocenters. The van der Waals surface area contributed by atoms with Crippen molar-refractivity contribution in [3.63, 3.8) is 0 Å². The second kappa shape index (κ2) is 3.62. The first-order valence-electron chi connectivity index (χ1n) is 5.45. The molecule has 1 atom stereocenters. The largest absolute Gasteiger partial charge is 0.375 e. The minimum absolute atomic E-state index is 0.0380. The summed E-state index contributed by atoms with van der Waals surface area (Å²) in [5.74, 6) is 0. The molecule has 1 aromatic rings. The molecule has 0 aliphatic carbocycles. The molecule has 0 bridgehead atoms. The van der Waals surface area contributed by atoms with E-state index in [4.69, 9.17) is 10.5 Å². The lowest BCUT2D eigenvalue weighted by atomic mass is 9.84. The van der Waals surface area contributed by atoms with Gasteiger partial charge in [0.05, 0.1) is 19.3 Å². The first-order chi connectivity index (χ1) is 6.98. The Balaban J connectivity index is 2.44. The number of rotatable bonds is 0. The number of hydrogen-bond donors (Lipinski definition) is 1. The Kier molecular flexibility index (Phi) is 2.57. The van der Waals surface area contributed by atoms with Crippen molar-refractivity contribution in [1.82, 2.24) is 0 Å². The molecule has 0 amide bonds. The molecule has 0 spiro atoms. The molecule has 2 rings (SSSR count). The maximum absolute atomic E-state index is 6.03. The first kappa shape index (κ1) is 10.7. The van der Waals surface area contributed by atoms with E-state index in [1.54, 1.807) is 0 Å². The van der Waals surface area contributed by atoms with Gasteiger partial charge in [-0.05, 0) is 22.1 Å². The van der Waals surface area contributed by atoms with E-state index in [0.717, 1.165) is 0 Å². The van der Waals surface area contributed by atoms with Crippen molar-refractivity contribution in [3.8, 4) is 0 Å². The van der Waals surface area contributed by atoms with Crippen LogP contribution in [0.5, 0.6) is 0 Å². The Hall–Kier alpha value is -0.860.